The SMILES string of the molecule is CCOc1ccccc1-c1cc(C(=O)N/N=C(\C)c2ccncc2)[nH]n1. The smallest absolute Gasteiger partial charge is 0.289 e. The van der Waals surface area contributed by atoms with Crippen LogP contribution in [0.15, 0.2) is 60.0 Å². The molecular formula is C19H19N5O2. The van der Waals surface area contributed by atoms with Crippen LogP contribution in [0, 0.1) is 0 Å². The Morgan fingerprint density at radius 2 is 2.00 bits per heavy atom. The van der Waals surface area contributed by atoms with Crippen LogP contribution in [0.4, 0.5) is 0 Å². The van der Waals surface area contributed by atoms with Crippen molar-refractivity contribution in [1.82, 2.24) is 20.6 Å². The molecular weight excluding hydrogens is 330 g/mol. The molecule has 0 aliphatic rings. The number of hydrazone groups is 1. The number of carbonyl (C=O) groups excluding carboxylic acids is 1. The zero-order chi connectivity index (χ0) is 18.4. The maximum Gasteiger partial charge on any atom is 0.289 e. The molecule has 0 spiro atoms. The molecule has 7 heteroatoms. The fourth-order valence-corrected chi connectivity index (χ4v) is 2.39. The van der Waals surface area contributed by atoms with Gasteiger partial charge in [0, 0.05) is 23.5 Å². The first-order valence-electron chi connectivity index (χ1n) is 8.21. The van der Waals surface area contributed by atoms with Gasteiger partial charge < -0.3 is 4.74 Å². The summed E-state index contributed by atoms with van der Waals surface area (Å²) < 4.78 is 5.61. The number of ether oxygens (including phenoxy) is 1. The molecule has 0 saturated carbocycles. The molecule has 0 saturated heterocycles. The predicted molar refractivity (Wildman–Crippen MR) is 99.1 cm³/mol. The zero-order valence-corrected chi connectivity index (χ0v) is 14.6. The first-order chi connectivity index (χ1) is 12.7. The summed E-state index contributed by atoms with van der Waals surface area (Å²) >= 11 is 0. The maximum absolute atomic E-state index is 12.3. The van der Waals surface area contributed by atoms with Gasteiger partial charge in [0.25, 0.3) is 5.91 Å². The molecule has 7 nitrogen and oxygen atoms in total. The summed E-state index contributed by atoms with van der Waals surface area (Å²) in [6, 6.07) is 12.9. The van der Waals surface area contributed by atoms with Crippen molar-refractivity contribution < 1.29 is 9.53 Å². The number of aromatic amines is 1. The van der Waals surface area contributed by atoms with Gasteiger partial charge in [0.1, 0.15) is 11.4 Å². The number of para-hydroxylation sites is 1. The van der Waals surface area contributed by atoms with Gasteiger partial charge in [-0.3, -0.25) is 14.9 Å². The highest BCUT2D eigenvalue weighted by atomic mass is 16.5. The van der Waals surface area contributed by atoms with Crippen LogP contribution in [0.3, 0.4) is 0 Å². The number of hydrogen-bond acceptors (Lipinski definition) is 5. The lowest BCUT2D eigenvalue weighted by molar-refractivity contribution is 0.0950. The molecule has 0 aliphatic carbocycles. The molecule has 0 aliphatic heterocycles. The molecule has 3 aromatic rings. The number of hydrogen-bond donors (Lipinski definition) is 2. The number of rotatable bonds is 6. The second-order valence-corrected chi connectivity index (χ2v) is 5.47. The largest absolute Gasteiger partial charge is 0.493 e. The number of aromatic nitrogens is 3. The minimum atomic E-state index is -0.369. The Morgan fingerprint density at radius 1 is 1.23 bits per heavy atom. The minimum Gasteiger partial charge on any atom is -0.493 e. The van der Waals surface area contributed by atoms with Crippen molar-refractivity contribution in [3.05, 3.63) is 66.1 Å². The van der Waals surface area contributed by atoms with Gasteiger partial charge in [0.15, 0.2) is 0 Å². The van der Waals surface area contributed by atoms with Crippen LogP contribution >= 0.6 is 0 Å². The summed E-state index contributed by atoms with van der Waals surface area (Å²) in [5.41, 5.74) is 5.87. The van der Waals surface area contributed by atoms with Crippen molar-refractivity contribution in [2.24, 2.45) is 5.10 Å². The van der Waals surface area contributed by atoms with Crippen LogP contribution in [0.1, 0.15) is 29.9 Å². The lowest BCUT2D eigenvalue weighted by atomic mass is 10.1. The second kappa shape index (κ2) is 8.06. The van der Waals surface area contributed by atoms with Crippen LogP contribution < -0.4 is 10.2 Å². The third-order valence-electron chi connectivity index (χ3n) is 3.71. The van der Waals surface area contributed by atoms with Crippen molar-refractivity contribution in [1.29, 1.82) is 0 Å². The van der Waals surface area contributed by atoms with Gasteiger partial charge in [-0.1, -0.05) is 12.1 Å². The number of pyridine rings is 1. The molecule has 26 heavy (non-hydrogen) atoms. The number of benzene rings is 1. The summed E-state index contributed by atoms with van der Waals surface area (Å²) in [5, 5.41) is 11.1. The van der Waals surface area contributed by atoms with Crippen molar-refractivity contribution in [2.75, 3.05) is 6.61 Å². The number of H-pyrrole nitrogens is 1. The highest BCUT2D eigenvalue weighted by Gasteiger charge is 2.13. The van der Waals surface area contributed by atoms with E-state index < -0.39 is 0 Å². The number of carbonyl (C=O) groups is 1. The third-order valence-corrected chi connectivity index (χ3v) is 3.71. The molecule has 2 heterocycles. The highest BCUT2D eigenvalue weighted by molar-refractivity contribution is 6.00. The average molecular weight is 349 g/mol. The number of nitrogens with zero attached hydrogens (tertiary/aromatic N) is 3. The van der Waals surface area contributed by atoms with E-state index in [-0.39, 0.29) is 5.91 Å². The first-order valence-corrected chi connectivity index (χ1v) is 8.21. The lowest BCUT2D eigenvalue weighted by Crippen LogP contribution is -2.19. The van der Waals surface area contributed by atoms with E-state index >= 15 is 0 Å². The Hall–Kier alpha value is -3.48. The Morgan fingerprint density at radius 3 is 2.77 bits per heavy atom. The summed E-state index contributed by atoms with van der Waals surface area (Å²) in [7, 11) is 0. The standard InChI is InChI=1S/C19H19N5O2/c1-3-26-18-7-5-4-6-15(18)16-12-17(23-22-16)19(25)24-21-13(2)14-8-10-20-11-9-14/h4-12H,3H2,1-2H3,(H,22,23)(H,24,25)/b21-13+. The minimum absolute atomic E-state index is 0.317. The van der Waals surface area contributed by atoms with Gasteiger partial charge in [-0.15, -0.1) is 0 Å². The molecule has 132 valence electrons. The Balaban J connectivity index is 1.75. The van der Waals surface area contributed by atoms with Gasteiger partial charge in [0.05, 0.1) is 18.0 Å². The Kier molecular flexibility index (Phi) is 5.38. The third kappa shape index (κ3) is 3.94. The summed E-state index contributed by atoms with van der Waals surface area (Å²) in [5.74, 6) is 0.353. The van der Waals surface area contributed by atoms with E-state index in [2.05, 4.69) is 25.7 Å². The fraction of sp³-hybridized carbons (Fsp3) is 0.158. The van der Waals surface area contributed by atoms with E-state index in [9.17, 15) is 4.79 Å². The number of amides is 1. The topological polar surface area (TPSA) is 92.3 Å². The van der Waals surface area contributed by atoms with Crippen LogP contribution in [-0.4, -0.2) is 33.4 Å². The van der Waals surface area contributed by atoms with E-state index in [1.807, 2.05) is 50.2 Å². The van der Waals surface area contributed by atoms with Gasteiger partial charge in [-0.05, 0) is 44.2 Å². The molecule has 1 aromatic carbocycles. The normalized spacial score (nSPS) is 11.2. The van der Waals surface area contributed by atoms with Crippen molar-refractivity contribution >= 4 is 11.6 Å². The fourth-order valence-electron chi connectivity index (χ4n) is 2.39. The molecule has 0 bridgehead atoms. The lowest BCUT2D eigenvalue weighted by Gasteiger charge is -2.07. The van der Waals surface area contributed by atoms with Crippen LogP contribution in [0.2, 0.25) is 0 Å². The number of nitrogens with one attached hydrogen (secondary N) is 2. The Bertz CT molecular complexity index is 918. The van der Waals surface area contributed by atoms with Crippen molar-refractivity contribution in [3.8, 4) is 17.0 Å². The van der Waals surface area contributed by atoms with Crippen LogP contribution in [-0.2, 0) is 0 Å². The van der Waals surface area contributed by atoms with E-state index in [0.29, 0.717) is 23.7 Å². The van der Waals surface area contributed by atoms with Gasteiger partial charge >= 0.3 is 0 Å². The molecule has 0 fully saturated rings. The first kappa shape index (κ1) is 17.3. The van der Waals surface area contributed by atoms with Gasteiger partial charge in [-0.2, -0.15) is 10.2 Å². The van der Waals surface area contributed by atoms with Gasteiger partial charge in [-0.25, -0.2) is 5.43 Å². The van der Waals surface area contributed by atoms with E-state index in [1.54, 1.807) is 18.5 Å². The molecule has 0 unspecified atom stereocenters. The molecule has 0 atom stereocenters. The monoisotopic (exact) mass is 349 g/mol. The zero-order valence-electron chi connectivity index (χ0n) is 14.6. The van der Waals surface area contributed by atoms with Crippen molar-refractivity contribution in [3.63, 3.8) is 0 Å². The predicted octanol–water partition coefficient (Wildman–Crippen LogP) is 3.02. The molecule has 1 amide bonds. The highest BCUT2D eigenvalue weighted by Crippen LogP contribution is 2.28. The summed E-state index contributed by atoms with van der Waals surface area (Å²) in [6.45, 7) is 4.29. The quantitative estimate of drug-likeness (QED) is 0.528. The van der Waals surface area contributed by atoms with E-state index in [4.69, 9.17) is 4.74 Å². The van der Waals surface area contributed by atoms with Crippen molar-refractivity contribution in [2.45, 2.75) is 13.8 Å². The summed E-state index contributed by atoms with van der Waals surface area (Å²) in [4.78, 5) is 16.3. The maximum atomic E-state index is 12.3. The van der Waals surface area contributed by atoms with E-state index in [0.717, 1.165) is 16.9 Å². The molecule has 2 aromatic heterocycles. The van der Waals surface area contributed by atoms with E-state index in [1.165, 1.54) is 0 Å². The average Bonchev–Trinajstić information content (AvgIpc) is 3.17. The molecule has 2 N–H and O–H groups in total. The Labute approximate surface area is 151 Å². The van der Waals surface area contributed by atoms with Crippen LogP contribution in [0.25, 0.3) is 11.3 Å². The molecule has 3 rings (SSSR count). The van der Waals surface area contributed by atoms with Gasteiger partial charge in [0.2, 0.25) is 0 Å². The molecule has 0 radical (unpaired) electrons. The second-order valence-electron chi connectivity index (χ2n) is 5.47. The van der Waals surface area contributed by atoms with Crippen LogP contribution in [0.5, 0.6) is 5.75 Å². The summed E-state index contributed by atoms with van der Waals surface area (Å²) in [6.07, 6.45) is 3.35.